The highest BCUT2D eigenvalue weighted by atomic mass is 32.2. The van der Waals surface area contributed by atoms with Crippen LogP contribution < -0.4 is 9.46 Å². The molecule has 1 saturated carbocycles. The highest BCUT2D eigenvalue weighted by molar-refractivity contribution is 7.89. The minimum absolute atomic E-state index is 0.0672. The minimum Gasteiger partial charge on any atom is -0.474 e. The standard InChI is InChI=1S/C16H18N4O3S/c1-10(2)23-15-13-8-12(4-5-14(13)18-11(3)19-15)24(21,22)20-16(9-17)6-7-16/h4-5,8,10,20H,6-7H2,1-3H3. The monoisotopic (exact) mass is 346 g/mol. The topological polar surface area (TPSA) is 105 Å². The van der Waals surface area contributed by atoms with E-state index in [4.69, 9.17) is 10.00 Å². The van der Waals surface area contributed by atoms with Crippen molar-refractivity contribution in [2.24, 2.45) is 0 Å². The molecule has 2 aromatic rings. The zero-order valence-electron chi connectivity index (χ0n) is 13.7. The molecule has 1 fully saturated rings. The maximum Gasteiger partial charge on any atom is 0.241 e. The van der Waals surface area contributed by atoms with Crippen molar-refractivity contribution in [1.29, 1.82) is 5.26 Å². The summed E-state index contributed by atoms with van der Waals surface area (Å²) in [4.78, 5) is 8.65. The smallest absolute Gasteiger partial charge is 0.241 e. The Hall–Kier alpha value is -2.24. The van der Waals surface area contributed by atoms with Gasteiger partial charge >= 0.3 is 0 Å². The Balaban J connectivity index is 2.07. The molecule has 0 spiro atoms. The third-order valence-corrected chi connectivity index (χ3v) is 5.23. The van der Waals surface area contributed by atoms with Gasteiger partial charge in [0.2, 0.25) is 15.9 Å². The molecule has 1 aromatic heterocycles. The number of nitrogens with one attached hydrogen (secondary N) is 1. The minimum atomic E-state index is -3.80. The normalized spacial score (nSPS) is 16.1. The Kier molecular flexibility index (Phi) is 3.94. The molecule has 1 N–H and O–H groups in total. The molecule has 0 saturated heterocycles. The van der Waals surface area contributed by atoms with E-state index in [1.807, 2.05) is 19.9 Å². The van der Waals surface area contributed by atoms with Crippen LogP contribution >= 0.6 is 0 Å². The molecule has 0 unspecified atom stereocenters. The molecule has 126 valence electrons. The highest BCUT2D eigenvalue weighted by Crippen LogP contribution is 2.36. The van der Waals surface area contributed by atoms with Gasteiger partial charge in [0.05, 0.1) is 28.0 Å². The molecule has 1 aliphatic carbocycles. The predicted octanol–water partition coefficient (Wildman–Crippen LogP) is 2.06. The van der Waals surface area contributed by atoms with Crippen molar-refractivity contribution in [3.05, 3.63) is 24.0 Å². The van der Waals surface area contributed by atoms with E-state index in [1.54, 1.807) is 13.0 Å². The molecule has 1 heterocycles. The number of hydrogen-bond acceptors (Lipinski definition) is 6. The van der Waals surface area contributed by atoms with Gasteiger partial charge in [-0.2, -0.15) is 15.0 Å². The molecule has 0 atom stereocenters. The first kappa shape index (κ1) is 16.6. The van der Waals surface area contributed by atoms with E-state index in [1.165, 1.54) is 12.1 Å². The largest absolute Gasteiger partial charge is 0.474 e. The molecule has 3 rings (SSSR count). The lowest BCUT2D eigenvalue weighted by Crippen LogP contribution is -2.35. The first-order valence-electron chi connectivity index (χ1n) is 7.65. The van der Waals surface area contributed by atoms with Gasteiger partial charge in [-0.3, -0.25) is 0 Å². The van der Waals surface area contributed by atoms with Crippen molar-refractivity contribution in [1.82, 2.24) is 14.7 Å². The second-order valence-corrected chi connectivity index (χ2v) is 7.90. The summed E-state index contributed by atoms with van der Waals surface area (Å²) < 4.78 is 33.3. The predicted molar refractivity (Wildman–Crippen MR) is 87.9 cm³/mol. The maximum atomic E-state index is 12.5. The summed E-state index contributed by atoms with van der Waals surface area (Å²) in [5.41, 5.74) is -0.354. The van der Waals surface area contributed by atoms with Gasteiger partial charge in [0, 0.05) is 0 Å². The number of nitriles is 1. The number of benzene rings is 1. The number of nitrogens with zero attached hydrogens (tertiary/aromatic N) is 3. The molecule has 0 bridgehead atoms. The Bertz CT molecular complexity index is 944. The quantitative estimate of drug-likeness (QED) is 0.888. The molecule has 8 heteroatoms. The fourth-order valence-electron chi connectivity index (χ4n) is 2.35. The van der Waals surface area contributed by atoms with Gasteiger partial charge in [0.1, 0.15) is 11.4 Å². The second kappa shape index (κ2) is 5.69. The van der Waals surface area contributed by atoms with Gasteiger partial charge in [-0.05, 0) is 51.8 Å². The number of ether oxygens (including phenoxy) is 1. The van der Waals surface area contributed by atoms with Crippen LogP contribution in [0.1, 0.15) is 32.5 Å². The van der Waals surface area contributed by atoms with E-state index >= 15 is 0 Å². The van der Waals surface area contributed by atoms with Crippen molar-refractivity contribution in [3.63, 3.8) is 0 Å². The van der Waals surface area contributed by atoms with Crippen molar-refractivity contribution < 1.29 is 13.2 Å². The van der Waals surface area contributed by atoms with Crippen LogP contribution in [0.4, 0.5) is 0 Å². The number of fused-ring (bicyclic) bond motifs is 1. The second-order valence-electron chi connectivity index (χ2n) is 6.22. The summed E-state index contributed by atoms with van der Waals surface area (Å²) in [5.74, 6) is 0.902. The van der Waals surface area contributed by atoms with Crippen LogP contribution in [0.2, 0.25) is 0 Å². The zero-order valence-corrected chi connectivity index (χ0v) is 14.5. The van der Waals surface area contributed by atoms with E-state index in [0.717, 1.165) is 0 Å². The number of rotatable bonds is 5. The Morgan fingerprint density at radius 3 is 2.62 bits per heavy atom. The van der Waals surface area contributed by atoms with Crippen LogP contribution in [-0.2, 0) is 10.0 Å². The molecular formula is C16H18N4O3S. The van der Waals surface area contributed by atoms with E-state index in [9.17, 15) is 8.42 Å². The summed E-state index contributed by atoms with van der Waals surface area (Å²) in [6, 6.07) is 6.61. The van der Waals surface area contributed by atoms with E-state index in [0.29, 0.717) is 35.4 Å². The van der Waals surface area contributed by atoms with E-state index < -0.39 is 15.6 Å². The SMILES string of the molecule is Cc1nc(OC(C)C)c2cc(S(=O)(=O)NC3(C#N)CC3)ccc2n1. The Morgan fingerprint density at radius 1 is 1.33 bits per heavy atom. The van der Waals surface area contributed by atoms with Crippen LogP contribution in [0.5, 0.6) is 5.88 Å². The van der Waals surface area contributed by atoms with Crippen molar-refractivity contribution >= 4 is 20.9 Å². The van der Waals surface area contributed by atoms with Crippen LogP contribution in [-0.4, -0.2) is 30.0 Å². The highest BCUT2D eigenvalue weighted by Gasteiger charge is 2.46. The molecule has 1 aromatic carbocycles. The molecule has 0 amide bonds. The summed E-state index contributed by atoms with van der Waals surface area (Å²) in [5, 5.41) is 9.62. The Morgan fingerprint density at radius 2 is 2.04 bits per heavy atom. The lowest BCUT2D eigenvalue weighted by Gasteiger charge is -2.14. The molecule has 1 aliphatic rings. The Labute approximate surface area is 140 Å². The first-order chi connectivity index (χ1) is 11.2. The van der Waals surface area contributed by atoms with Gasteiger partial charge in [-0.1, -0.05) is 0 Å². The van der Waals surface area contributed by atoms with Crippen molar-refractivity contribution in [2.75, 3.05) is 0 Å². The third-order valence-electron chi connectivity index (χ3n) is 3.70. The van der Waals surface area contributed by atoms with Gasteiger partial charge in [0.15, 0.2) is 0 Å². The molecule has 24 heavy (non-hydrogen) atoms. The summed E-state index contributed by atoms with van der Waals surface area (Å²) in [7, 11) is -3.80. The number of aromatic nitrogens is 2. The van der Waals surface area contributed by atoms with Gasteiger partial charge in [-0.15, -0.1) is 0 Å². The fraction of sp³-hybridized carbons (Fsp3) is 0.438. The summed E-state index contributed by atoms with van der Waals surface area (Å²) in [6.07, 6.45) is 0.954. The van der Waals surface area contributed by atoms with E-state index in [2.05, 4.69) is 14.7 Å². The van der Waals surface area contributed by atoms with Crippen LogP contribution in [0.25, 0.3) is 10.9 Å². The lowest BCUT2D eigenvalue weighted by molar-refractivity contribution is 0.235. The van der Waals surface area contributed by atoms with Crippen molar-refractivity contribution in [3.8, 4) is 11.9 Å². The third kappa shape index (κ3) is 3.18. The molecule has 7 nitrogen and oxygen atoms in total. The number of sulfonamides is 1. The van der Waals surface area contributed by atoms with Gasteiger partial charge in [0.25, 0.3) is 0 Å². The number of hydrogen-bond donors (Lipinski definition) is 1. The molecular weight excluding hydrogens is 328 g/mol. The van der Waals surface area contributed by atoms with Crippen LogP contribution in [0.15, 0.2) is 23.1 Å². The average molecular weight is 346 g/mol. The first-order valence-corrected chi connectivity index (χ1v) is 9.13. The maximum absolute atomic E-state index is 12.5. The van der Waals surface area contributed by atoms with Gasteiger partial charge in [-0.25, -0.2) is 13.4 Å². The fourth-order valence-corrected chi connectivity index (χ4v) is 3.75. The van der Waals surface area contributed by atoms with Crippen molar-refractivity contribution in [2.45, 2.75) is 50.2 Å². The summed E-state index contributed by atoms with van der Waals surface area (Å²) in [6.45, 7) is 5.49. The van der Waals surface area contributed by atoms with E-state index in [-0.39, 0.29) is 11.0 Å². The van der Waals surface area contributed by atoms with Crippen LogP contribution in [0.3, 0.4) is 0 Å². The lowest BCUT2D eigenvalue weighted by atomic mass is 10.2. The van der Waals surface area contributed by atoms with Gasteiger partial charge < -0.3 is 4.74 Å². The average Bonchev–Trinajstić information content (AvgIpc) is 3.25. The summed E-state index contributed by atoms with van der Waals surface area (Å²) >= 11 is 0. The number of aryl methyl sites for hydroxylation is 1. The molecule has 0 aliphatic heterocycles. The zero-order chi connectivity index (χ0) is 17.5. The molecule has 0 radical (unpaired) electrons. The van der Waals surface area contributed by atoms with Crippen LogP contribution in [0, 0.1) is 18.3 Å².